The molecule has 1 rings (SSSR count). The van der Waals surface area contributed by atoms with Crippen LogP contribution in [0.4, 0.5) is 0 Å². The smallest absolute Gasteiger partial charge is 0.303 e. The largest absolute Gasteiger partial charge is 0.481 e. The van der Waals surface area contributed by atoms with Gasteiger partial charge in [0.05, 0.1) is 13.2 Å². The SMILES string of the molecule is O=C(O)CCCCC(=O)O.OCCO.c1ccccc1. The summed E-state index contributed by atoms with van der Waals surface area (Å²) in [4.78, 5) is 19.8. The molecule has 1 aromatic carbocycles. The number of carbonyl (C=O) groups is 2. The van der Waals surface area contributed by atoms with Crippen LogP contribution in [0, 0.1) is 0 Å². The highest BCUT2D eigenvalue weighted by Gasteiger charge is 1.99. The minimum absolute atomic E-state index is 0.0628. The molecule has 0 saturated carbocycles. The van der Waals surface area contributed by atoms with E-state index < -0.39 is 11.9 Å². The van der Waals surface area contributed by atoms with Gasteiger partial charge in [-0.25, -0.2) is 0 Å². The molecule has 0 heterocycles. The quantitative estimate of drug-likeness (QED) is 0.587. The van der Waals surface area contributed by atoms with E-state index >= 15 is 0 Å². The van der Waals surface area contributed by atoms with E-state index in [-0.39, 0.29) is 26.1 Å². The van der Waals surface area contributed by atoms with Crippen LogP contribution in [0.5, 0.6) is 0 Å². The highest BCUT2D eigenvalue weighted by molar-refractivity contribution is 5.67. The number of unbranched alkanes of at least 4 members (excludes halogenated alkanes) is 1. The topological polar surface area (TPSA) is 115 Å². The van der Waals surface area contributed by atoms with Gasteiger partial charge in [0.2, 0.25) is 0 Å². The van der Waals surface area contributed by atoms with E-state index in [1.54, 1.807) is 0 Å². The lowest BCUT2D eigenvalue weighted by Crippen LogP contribution is -1.97. The van der Waals surface area contributed by atoms with Gasteiger partial charge >= 0.3 is 11.9 Å². The van der Waals surface area contributed by atoms with Crippen molar-refractivity contribution in [1.82, 2.24) is 0 Å². The summed E-state index contributed by atoms with van der Waals surface area (Å²) in [6.45, 7) is -0.250. The van der Waals surface area contributed by atoms with Gasteiger partial charge in [-0.05, 0) is 12.8 Å². The Morgan fingerprint density at radius 1 is 0.650 bits per heavy atom. The number of benzene rings is 1. The second kappa shape index (κ2) is 17.1. The van der Waals surface area contributed by atoms with E-state index in [4.69, 9.17) is 20.4 Å². The van der Waals surface area contributed by atoms with Gasteiger partial charge in [0.25, 0.3) is 0 Å². The van der Waals surface area contributed by atoms with E-state index in [9.17, 15) is 9.59 Å². The third-order valence-corrected chi connectivity index (χ3v) is 1.80. The zero-order valence-electron chi connectivity index (χ0n) is 11.3. The van der Waals surface area contributed by atoms with E-state index in [0.29, 0.717) is 12.8 Å². The van der Waals surface area contributed by atoms with Crippen LogP contribution < -0.4 is 0 Å². The number of carboxylic acids is 2. The van der Waals surface area contributed by atoms with Crippen molar-refractivity contribution < 1.29 is 30.0 Å². The van der Waals surface area contributed by atoms with E-state index in [1.807, 2.05) is 36.4 Å². The van der Waals surface area contributed by atoms with Gasteiger partial charge in [-0.3, -0.25) is 9.59 Å². The number of hydrogen-bond donors (Lipinski definition) is 4. The molecule has 0 saturated heterocycles. The van der Waals surface area contributed by atoms with Crippen LogP contribution in [-0.4, -0.2) is 45.6 Å². The van der Waals surface area contributed by atoms with E-state index in [0.717, 1.165) is 0 Å². The maximum absolute atomic E-state index is 9.90. The highest BCUT2D eigenvalue weighted by Crippen LogP contribution is 1.98. The first-order chi connectivity index (χ1) is 9.54. The van der Waals surface area contributed by atoms with Crippen molar-refractivity contribution in [3.63, 3.8) is 0 Å². The third-order valence-electron chi connectivity index (χ3n) is 1.80. The summed E-state index contributed by atoms with van der Waals surface area (Å²) in [6, 6.07) is 12.0. The highest BCUT2D eigenvalue weighted by atomic mass is 16.4. The molecule has 6 heteroatoms. The minimum Gasteiger partial charge on any atom is -0.481 e. The summed E-state index contributed by atoms with van der Waals surface area (Å²) in [5, 5.41) is 31.5. The molecule has 0 spiro atoms. The fourth-order valence-electron chi connectivity index (χ4n) is 0.937. The van der Waals surface area contributed by atoms with Crippen molar-refractivity contribution in [3.05, 3.63) is 36.4 Å². The third kappa shape index (κ3) is 25.1. The second-order valence-electron chi connectivity index (χ2n) is 3.60. The number of aliphatic hydroxyl groups excluding tert-OH is 2. The Balaban J connectivity index is 0. The average molecular weight is 286 g/mol. The molecule has 114 valence electrons. The molecule has 0 atom stereocenters. The van der Waals surface area contributed by atoms with Gasteiger partial charge in [0.15, 0.2) is 0 Å². The zero-order valence-corrected chi connectivity index (χ0v) is 11.3. The van der Waals surface area contributed by atoms with Gasteiger partial charge in [-0.15, -0.1) is 0 Å². The maximum Gasteiger partial charge on any atom is 0.303 e. The minimum atomic E-state index is -0.870. The van der Waals surface area contributed by atoms with Crippen molar-refractivity contribution in [1.29, 1.82) is 0 Å². The average Bonchev–Trinajstić information content (AvgIpc) is 2.46. The van der Waals surface area contributed by atoms with E-state index in [1.165, 1.54) is 0 Å². The van der Waals surface area contributed by atoms with Crippen LogP contribution in [0.15, 0.2) is 36.4 Å². The predicted octanol–water partition coefficient (Wildman–Crippen LogP) is 1.37. The summed E-state index contributed by atoms with van der Waals surface area (Å²) < 4.78 is 0. The molecule has 0 aliphatic carbocycles. The Hall–Kier alpha value is -1.92. The van der Waals surface area contributed by atoms with Gasteiger partial charge < -0.3 is 20.4 Å². The molecule has 0 fully saturated rings. The number of aliphatic carboxylic acids is 2. The monoisotopic (exact) mass is 286 g/mol. The molecular weight excluding hydrogens is 264 g/mol. The molecule has 0 bridgehead atoms. The van der Waals surface area contributed by atoms with Crippen molar-refractivity contribution >= 4 is 11.9 Å². The fraction of sp³-hybridized carbons (Fsp3) is 0.429. The Morgan fingerprint density at radius 3 is 1.05 bits per heavy atom. The second-order valence-corrected chi connectivity index (χ2v) is 3.60. The predicted molar refractivity (Wildman–Crippen MR) is 74.4 cm³/mol. The first-order valence-corrected chi connectivity index (χ1v) is 6.20. The molecule has 0 aromatic heterocycles. The molecule has 0 unspecified atom stereocenters. The van der Waals surface area contributed by atoms with Gasteiger partial charge in [-0.2, -0.15) is 0 Å². The maximum atomic E-state index is 9.90. The molecule has 1 aromatic rings. The molecule has 0 amide bonds. The Kier molecular flexibility index (Phi) is 17.4. The molecule has 0 radical (unpaired) electrons. The Morgan fingerprint density at radius 2 is 0.900 bits per heavy atom. The summed E-state index contributed by atoms with van der Waals surface area (Å²) in [6.07, 6.45) is 1.02. The lowest BCUT2D eigenvalue weighted by Gasteiger charge is -1.92. The standard InChI is InChI=1S/C6H10O4.C6H6.C2H6O2/c7-5(8)3-1-2-4-6(9)10;1-2-4-6-5-3-1;3-1-2-4/h1-4H2,(H,7,8)(H,9,10);1-6H;3-4H,1-2H2. The summed E-state index contributed by atoms with van der Waals surface area (Å²) in [5.41, 5.74) is 0. The van der Waals surface area contributed by atoms with Gasteiger partial charge in [0.1, 0.15) is 0 Å². The van der Waals surface area contributed by atoms with Crippen LogP contribution in [0.2, 0.25) is 0 Å². The summed E-state index contributed by atoms with van der Waals surface area (Å²) in [7, 11) is 0. The lowest BCUT2D eigenvalue weighted by atomic mass is 10.2. The van der Waals surface area contributed by atoms with Crippen molar-refractivity contribution in [2.75, 3.05) is 13.2 Å². The van der Waals surface area contributed by atoms with Crippen LogP contribution in [0.3, 0.4) is 0 Å². The first-order valence-electron chi connectivity index (χ1n) is 6.20. The number of rotatable bonds is 6. The number of aliphatic hydroxyl groups is 2. The molecule has 20 heavy (non-hydrogen) atoms. The summed E-state index contributed by atoms with van der Waals surface area (Å²) in [5.74, 6) is -1.74. The summed E-state index contributed by atoms with van der Waals surface area (Å²) >= 11 is 0. The van der Waals surface area contributed by atoms with Crippen LogP contribution in [-0.2, 0) is 9.59 Å². The Bertz CT molecular complexity index is 281. The van der Waals surface area contributed by atoms with E-state index in [2.05, 4.69) is 0 Å². The lowest BCUT2D eigenvalue weighted by molar-refractivity contribution is -0.139. The van der Waals surface area contributed by atoms with Crippen molar-refractivity contribution in [2.24, 2.45) is 0 Å². The van der Waals surface area contributed by atoms with Crippen LogP contribution in [0.25, 0.3) is 0 Å². The van der Waals surface area contributed by atoms with Crippen molar-refractivity contribution in [3.8, 4) is 0 Å². The molecule has 6 nitrogen and oxygen atoms in total. The Labute approximate surface area is 118 Å². The number of carboxylic acid groups (broad SMARTS) is 2. The van der Waals surface area contributed by atoms with Gasteiger partial charge in [0, 0.05) is 12.8 Å². The molecule has 0 aliphatic rings. The normalized spacial score (nSPS) is 8.50. The van der Waals surface area contributed by atoms with Crippen molar-refractivity contribution in [2.45, 2.75) is 25.7 Å². The first kappa shape index (κ1) is 20.4. The van der Waals surface area contributed by atoms with Gasteiger partial charge in [-0.1, -0.05) is 36.4 Å². The van der Waals surface area contributed by atoms with Crippen LogP contribution in [0.1, 0.15) is 25.7 Å². The van der Waals surface area contributed by atoms with Crippen LogP contribution >= 0.6 is 0 Å². The molecule has 0 aliphatic heterocycles. The number of hydrogen-bond acceptors (Lipinski definition) is 4. The molecular formula is C14H22O6. The fourth-order valence-corrected chi connectivity index (χ4v) is 0.937. The molecule has 4 N–H and O–H groups in total. The zero-order chi connectivity index (χ0) is 15.6.